The Morgan fingerprint density at radius 3 is 0.656 bits per heavy atom. The van der Waals surface area contributed by atoms with Crippen molar-refractivity contribution in [3.8, 4) is 0 Å². The fourth-order valence-electron chi connectivity index (χ4n) is 6.20. The summed E-state index contributed by atoms with van der Waals surface area (Å²) in [5, 5.41) is 0. The molecule has 3 rings (SSSR count). The van der Waals surface area contributed by atoms with Gasteiger partial charge in [-0.2, -0.15) is 0 Å². The second-order valence-electron chi connectivity index (χ2n) is 13.8. The van der Waals surface area contributed by atoms with Gasteiger partial charge in [0, 0.05) is 0 Å². The van der Waals surface area contributed by atoms with Crippen LogP contribution in [0.1, 0.15) is 0 Å². The van der Waals surface area contributed by atoms with E-state index in [0.717, 1.165) is 0 Å². The fraction of sp³-hybridized carbons (Fsp3) is 1.00. The SMILES string of the molecule is O=S(=O)([O-])OC[C@@H]1O[C@H](O[C@H]2[C@H](OS(=O)(=O)[O-])[C@H](OS(=O)(=O)[O-])[C@@H](O[C@H]3[C@H](OS(=O)(=O)[O-])[C@H](OS(=O)(=O)[O-])[C@@H](OS(=O)(=O)[O-])O[C@@H]3COS(=O)(=O)[O-])O[C@H]2COS(=O)(=O)[O-])[C@@H](OS(=O)(=O)[O-])[C@@H](OS(=O)(=O)[O-])[C@@H]1OOS(=O)(=O)[O-].[Na+].[Na+].[Na+].[Na+].[Na+].[Na+].[Na+].[Na+].[Na+].[Na+].[Na+]. The Bertz CT molecular complexity index is 3470. The molecule has 3 aliphatic rings. The molecule has 0 N–H and O–H groups in total. The van der Waals surface area contributed by atoms with Gasteiger partial charge >= 0.3 is 325 Å². The minimum absolute atomic E-state index is 0. The van der Waals surface area contributed by atoms with Crippen molar-refractivity contribution in [2.24, 2.45) is 0 Å². The van der Waals surface area contributed by atoms with Crippen LogP contribution >= 0.6 is 0 Å². The maximum Gasteiger partial charge on any atom is 1.00 e. The van der Waals surface area contributed by atoms with Crippen LogP contribution in [0.3, 0.4) is 0 Å². The Labute approximate surface area is 754 Å². The van der Waals surface area contributed by atoms with Crippen LogP contribution in [0.2, 0.25) is 0 Å². The van der Waals surface area contributed by atoms with Gasteiger partial charge in [-0.3, -0.25) is 37.6 Å². The molecular weight excluding hydrogens is 1620 g/mol. The summed E-state index contributed by atoms with van der Waals surface area (Å²) in [6.07, 6.45) is -55.0. The Morgan fingerprint density at radius 1 is 0.233 bits per heavy atom. The smallest absolute Gasteiger partial charge is 0.726 e. The van der Waals surface area contributed by atoms with E-state index in [1.165, 1.54) is 0 Å². The maximum absolute atomic E-state index is 12.3. The Morgan fingerprint density at radius 2 is 0.433 bits per heavy atom. The molecule has 470 valence electrons. The first-order valence-electron chi connectivity index (χ1n) is 17.8. The van der Waals surface area contributed by atoms with Crippen LogP contribution in [0.5, 0.6) is 0 Å². The third-order valence-electron chi connectivity index (χ3n) is 8.31. The number of rotatable bonds is 30. The van der Waals surface area contributed by atoms with E-state index in [2.05, 4.69) is 55.8 Å². The maximum atomic E-state index is 12.3. The van der Waals surface area contributed by atoms with E-state index in [-0.39, 0.29) is 325 Å². The van der Waals surface area contributed by atoms with Crippen molar-refractivity contribution < 1.29 is 543 Å². The Kier molecular flexibility index (Phi) is 61.9. The molecule has 72 heteroatoms. The molecule has 0 bridgehead atoms. The Hall–Kier alpha value is 9.33. The summed E-state index contributed by atoms with van der Waals surface area (Å²) in [5.74, 6) is 0. The predicted molar refractivity (Wildman–Crippen MR) is 197 cm³/mol. The predicted octanol–water partition coefficient (Wildman–Crippen LogP) is -46.3. The van der Waals surface area contributed by atoms with Crippen molar-refractivity contribution >= 4 is 114 Å². The molecular formula is C18H21Na11O50S11. The molecule has 0 aromatic carbocycles. The van der Waals surface area contributed by atoms with Gasteiger partial charge in [-0.1, -0.05) is 0 Å². The topological polar surface area (TPSA) is 786 Å². The molecule has 0 aliphatic carbocycles. The van der Waals surface area contributed by atoms with E-state index in [1.54, 1.807) is 0 Å². The van der Waals surface area contributed by atoms with E-state index < -0.39 is 226 Å². The number of ether oxygens (including phenoxy) is 5. The first-order chi connectivity index (χ1) is 35.0. The molecule has 0 aromatic heterocycles. The molecule has 3 aliphatic heterocycles. The van der Waals surface area contributed by atoms with Crippen molar-refractivity contribution in [2.75, 3.05) is 19.8 Å². The van der Waals surface area contributed by atoms with Crippen molar-refractivity contribution in [3.63, 3.8) is 0 Å². The first kappa shape index (κ1) is 118. The average molecular weight is 1640 g/mol. The average Bonchev–Trinajstić information content (AvgIpc) is 3.16. The van der Waals surface area contributed by atoms with Crippen LogP contribution < -0.4 is 325 Å². The van der Waals surface area contributed by atoms with E-state index in [9.17, 15) is 143 Å². The summed E-state index contributed by atoms with van der Waals surface area (Å²) in [7, 11) is -72.5. The third-order valence-corrected chi connectivity index (χ3v) is 13.0. The summed E-state index contributed by atoms with van der Waals surface area (Å²) < 4.78 is 456. The summed E-state index contributed by atoms with van der Waals surface area (Å²) in [6.45, 7) is -6.96. The normalized spacial score (nSPS) is 27.8. The quantitative estimate of drug-likeness (QED) is 0.0212. The molecule has 3 heterocycles. The molecule has 0 radical (unpaired) electrons. The van der Waals surface area contributed by atoms with Crippen molar-refractivity contribution in [2.45, 2.75) is 92.1 Å². The van der Waals surface area contributed by atoms with E-state index in [0.29, 0.717) is 0 Å². The van der Waals surface area contributed by atoms with Gasteiger partial charge in [0.15, 0.2) is 37.0 Å². The van der Waals surface area contributed by atoms with Crippen LogP contribution in [-0.2, 0) is 189 Å². The molecule has 3 fully saturated rings. The largest absolute Gasteiger partial charge is 1.00 e. The standard InChI is InChI=1S/C18H32O50S11.11Na/c19-69(20,21)52-1-4-7(58-17-14(65-76(40,41)42)12(63-74(34,35)36)9(60-68-79(49,50)51)6(56-17)3-54-71(25,26)27)10(61-72(28,29)30)13(64-75(37,38)39)16(55-4)59-8-5(2-53-70(22,23)24)57-18(67-78(46,47)48)15(66-77(43,44)45)11(8)62-73(31,32)33;;;;;;;;;;;/h4-18H,1-3H2,(H,19,20,21)(H,22,23,24)(H,25,26,27)(H,28,29,30)(H,31,32,33)(H,34,35,36)(H,37,38,39)(H,40,41,42)(H,43,44,45)(H,46,47,48)(H,49,50,51);;;;;;;;;;;/q;11*+1/p-11/t4-,5+,6-,7+,8+,9+,10-,11-,12-,13-,14-,15-,16+,17+,18+;;;;;;;;;;;/m0.........../s1. The zero-order valence-corrected chi connectivity index (χ0v) is 77.7. The van der Waals surface area contributed by atoms with Crippen molar-refractivity contribution in [3.05, 3.63) is 0 Å². The summed E-state index contributed by atoms with van der Waals surface area (Å²) >= 11 is 0. The third kappa shape index (κ3) is 48.6. The molecule has 15 atom stereocenters. The molecule has 50 nitrogen and oxygen atoms in total. The van der Waals surface area contributed by atoms with Gasteiger partial charge in [0.2, 0.25) is 121 Å². The molecule has 0 saturated carbocycles. The van der Waals surface area contributed by atoms with Gasteiger partial charge in [0.25, 0.3) is 0 Å². The molecule has 3 saturated heterocycles. The number of hydrogen-bond acceptors (Lipinski definition) is 50. The van der Waals surface area contributed by atoms with Gasteiger partial charge in [-0.15, -0.1) is 4.33 Å². The van der Waals surface area contributed by atoms with Crippen LogP contribution in [0.4, 0.5) is 0 Å². The monoisotopic (exact) mass is 1640 g/mol. The minimum atomic E-state index is -6.94. The van der Waals surface area contributed by atoms with Crippen molar-refractivity contribution in [1.29, 1.82) is 0 Å². The molecule has 0 spiro atoms. The van der Waals surface area contributed by atoms with E-state index in [4.69, 9.17) is 18.9 Å². The van der Waals surface area contributed by atoms with E-state index in [1.807, 2.05) is 0 Å². The van der Waals surface area contributed by atoms with Crippen LogP contribution in [-0.4, -0.2) is 255 Å². The van der Waals surface area contributed by atoms with Gasteiger partial charge in [-0.05, 0) is 0 Å². The summed E-state index contributed by atoms with van der Waals surface area (Å²) in [6, 6.07) is 0. The molecule has 0 unspecified atom stereocenters. The second kappa shape index (κ2) is 47.3. The van der Waals surface area contributed by atoms with Crippen LogP contribution in [0.15, 0.2) is 0 Å². The van der Waals surface area contributed by atoms with Crippen molar-refractivity contribution in [1.82, 2.24) is 0 Å². The second-order valence-corrected chi connectivity index (χ2v) is 24.9. The van der Waals surface area contributed by atoms with E-state index >= 15 is 0 Å². The molecule has 0 aromatic rings. The van der Waals surface area contributed by atoms with Gasteiger partial charge < -0.3 is 73.8 Å². The van der Waals surface area contributed by atoms with Crippen LogP contribution in [0, 0.1) is 0 Å². The van der Waals surface area contributed by atoms with Gasteiger partial charge in [0.05, 0.1) is 19.8 Å². The minimum Gasteiger partial charge on any atom is -0.726 e. The molecule has 0 amide bonds. The zero-order chi connectivity index (χ0) is 61.3. The number of hydrogen-bond donors (Lipinski definition) is 0. The van der Waals surface area contributed by atoms with Gasteiger partial charge in [-0.25, -0.2) is 102 Å². The van der Waals surface area contributed by atoms with Gasteiger partial charge in [0.1, 0.15) is 48.8 Å². The zero-order valence-electron chi connectivity index (χ0n) is 46.7. The Balaban J connectivity index is -0.000000852. The summed E-state index contributed by atoms with van der Waals surface area (Å²) in [4.78, 5) is 4.01. The first-order valence-corrected chi connectivity index (χ1v) is 32.5. The summed E-state index contributed by atoms with van der Waals surface area (Å²) in [5.41, 5.74) is 0. The fourth-order valence-corrected chi connectivity index (χ4v) is 10.6. The van der Waals surface area contributed by atoms with Crippen LogP contribution in [0.25, 0.3) is 0 Å². The molecule has 90 heavy (non-hydrogen) atoms.